The first-order valence-corrected chi connectivity index (χ1v) is 8.41. The van der Waals surface area contributed by atoms with Crippen molar-refractivity contribution in [2.45, 2.75) is 13.1 Å². The first-order valence-electron chi connectivity index (χ1n) is 5.86. The highest BCUT2D eigenvalue weighted by Gasteiger charge is 2.05. The molecule has 2 heterocycles. The lowest BCUT2D eigenvalue weighted by atomic mass is 10.1. The zero-order valence-corrected chi connectivity index (χ0v) is 13.2. The van der Waals surface area contributed by atoms with Gasteiger partial charge in [0, 0.05) is 32.5 Å². The molecule has 2 N–H and O–H groups in total. The standard InChI is InChI=1S/C14H12BrNOS2/c15-11-2-4-19-14(11)8-16-7-9-5-12(17)10-1-3-18-13(10)6-9/h1-6,16-17H,7-8H2. The van der Waals surface area contributed by atoms with Crippen LogP contribution in [-0.2, 0) is 13.1 Å². The van der Waals surface area contributed by atoms with Crippen molar-refractivity contribution in [3.8, 4) is 5.75 Å². The van der Waals surface area contributed by atoms with Crippen LogP contribution in [0.1, 0.15) is 10.4 Å². The summed E-state index contributed by atoms with van der Waals surface area (Å²) in [4.78, 5) is 1.29. The number of aromatic hydroxyl groups is 1. The second-order valence-corrected chi connectivity index (χ2v) is 7.05. The molecule has 0 saturated carbocycles. The van der Waals surface area contributed by atoms with Crippen LogP contribution >= 0.6 is 38.6 Å². The van der Waals surface area contributed by atoms with Crippen molar-refractivity contribution < 1.29 is 5.11 Å². The lowest BCUT2D eigenvalue weighted by Gasteiger charge is -2.06. The van der Waals surface area contributed by atoms with Gasteiger partial charge in [-0.25, -0.2) is 0 Å². The van der Waals surface area contributed by atoms with E-state index >= 15 is 0 Å². The second-order valence-electron chi connectivity index (χ2n) is 4.24. The highest BCUT2D eigenvalue weighted by molar-refractivity contribution is 9.10. The van der Waals surface area contributed by atoms with Gasteiger partial charge in [0.1, 0.15) is 5.75 Å². The Kier molecular flexibility index (Phi) is 3.88. The van der Waals surface area contributed by atoms with Crippen LogP contribution in [0.4, 0.5) is 0 Å². The van der Waals surface area contributed by atoms with Crippen molar-refractivity contribution in [3.05, 3.63) is 49.9 Å². The summed E-state index contributed by atoms with van der Waals surface area (Å²) in [6.45, 7) is 1.59. The summed E-state index contributed by atoms with van der Waals surface area (Å²) in [5, 5.41) is 18.4. The summed E-state index contributed by atoms with van der Waals surface area (Å²) in [6, 6.07) is 7.99. The first kappa shape index (κ1) is 13.1. The summed E-state index contributed by atoms with van der Waals surface area (Å²) < 4.78 is 2.29. The number of thiophene rings is 2. The average molecular weight is 354 g/mol. The average Bonchev–Trinajstić information content (AvgIpc) is 2.99. The monoisotopic (exact) mass is 353 g/mol. The highest BCUT2D eigenvalue weighted by Crippen LogP contribution is 2.30. The van der Waals surface area contributed by atoms with E-state index in [9.17, 15) is 5.11 Å². The van der Waals surface area contributed by atoms with Crippen LogP contribution in [0.15, 0.2) is 39.5 Å². The fourth-order valence-electron chi connectivity index (χ4n) is 1.98. The number of hydrogen-bond acceptors (Lipinski definition) is 4. The van der Waals surface area contributed by atoms with Crippen molar-refractivity contribution in [1.29, 1.82) is 0 Å². The Morgan fingerprint density at radius 3 is 2.74 bits per heavy atom. The number of nitrogens with one attached hydrogen (secondary N) is 1. The van der Waals surface area contributed by atoms with Crippen molar-refractivity contribution >= 4 is 48.7 Å². The zero-order chi connectivity index (χ0) is 13.2. The third-order valence-corrected chi connectivity index (χ3v) is 5.71. The van der Waals surface area contributed by atoms with Crippen LogP contribution in [0, 0.1) is 0 Å². The molecule has 5 heteroatoms. The number of hydrogen-bond donors (Lipinski definition) is 2. The predicted molar refractivity (Wildman–Crippen MR) is 86.1 cm³/mol. The van der Waals surface area contributed by atoms with Gasteiger partial charge in [0.05, 0.1) is 0 Å². The summed E-state index contributed by atoms with van der Waals surface area (Å²) in [6.07, 6.45) is 0. The molecular formula is C14H12BrNOS2. The molecule has 0 saturated heterocycles. The molecule has 98 valence electrons. The minimum Gasteiger partial charge on any atom is -0.507 e. The van der Waals surface area contributed by atoms with Gasteiger partial charge in [-0.1, -0.05) is 0 Å². The summed E-state index contributed by atoms with van der Waals surface area (Å²) >= 11 is 6.91. The van der Waals surface area contributed by atoms with Gasteiger partial charge < -0.3 is 10.4 Å². The van der Waals surface area contributed by atoms with E-state index in [1.807, 2.05) is 17.5 Å². The van der Waals surface area contributed by atoms with Crippen molar-refractivity contribution in [2.75, 3.05) is 0 Å². The van der Waals surface area contributed by atoms with Gasteiger partial charge in [-0.3, -0.25) is 0 Å². The van der Waals surface area contributed by atoms with Crippen molar-refractivity contribution in [2.24, 2.45) is 0 Å². The highest BCUT2D eigenvalue weighted by atomic mass is 79.9. The Balaban J connectivity index is 1.70. The molecule has 0 aliphatic carbocycles. The van der Waals surface area contributed by atoms with E-state index in [4.69, 9.17) is 0 Å². The van der Waals surface area contributed by atoms with Crippen LogP contribution < -0.4 is 5.32 Å². The maximum atomic E-state index is 9.94. The van der Waals surface area contributed by atoms with E-state index in [1.165, 1.54) is 4.88 Å². The van der Waals surface area contributed by atoms with Gasteiger partial charge in [-0.05, 0) is 56.5 Å². The minimum absolute atomic E-state index is 0.368. The number of phenolic OH excluding ortho intramolecular Hbond substituents is 1. The third kappa shape index (κ3) is 2.84. The second kappa shape index (κ2) is 5.63. The van der Waals surface area contributed by atoms with Gasteiger partial charge in [-0.15, -0.1) is 22.7 Å². The molecule has 3 aromatic rings. The maximum Gasteiger partial charge on any atom is 0.124 e. The number of halogens is 1. The number of benzene rings is 1. The molecule has 0 spiro atoms. The molecule has 0 atom stereocenters. The van der Waals surface area contributed by atoms with E-state index in [1.54, 1.807) is 22.7 Å². The molecule has 3 rings (SSSR count). The van der Waals surface area contributed by atoms with E-state index in [0.717, 1.165) is 33.2 Å². The lowest BCUT2D eigenvalue weighted by molar-refractivity contribution is 0.480. The molecule has 0 amide bonds. The quantitative estimate of drug-likeness (QED) is 0.711. The van der Waals surface area contributed by atoms with Gasteiger partial charge in [0.2, 0.25) is 0 Å². The van der Waals surface area contributed by atoms with E-state index in [2.05, 4.69) is 38.8 Å². The molecule has 2 nitrogen and oxygen atoms in total. The maximum absolute atomic E-state index is 9.94. The fraction of sp³-hybridized carbons (Fsp3) is 0.143. The van der Waals surface area contributed by atoms with Gasteiger partial charge in [0.15, 0.2) is 0 Å². The lowest BCUT2D eigenvalue weighted by Crippen LogP contribution is -2.11. The zero-order valence-electron chi connectivity index (χ0n) is 10.0. The normalized spacial score (nSPS) is 11.2. The van der Waals surface area contributed by atoms with Gasteiger partial charge in [-0.2, -0.15) is 0 Å². The van der Waals surface area contributed by atoms with Crippen molar-refractivity contribution in [1.82, 2.24) is 5.32 Å². The Labute approximate surface area is 127 Å². The summed E-state index contributed by atoms with van der Waals surface area (Å²) in [5.41, 5.74) is 1.11. The molecule has 2 aromatic heterocycles. The Hall–Kier alpha value is -0.880. The summed E-state index contributed by atoms with van der Waals surface area (Å²) in [7, 11) is 0. The molecule has 1 aromatic carbocycles. The number of phenols is 1. The summed E-state index contributed by atoms with van der Waals surface area (Å²) in [5.74, 6) is 0.368. The van der Waals surface area contributed by atoms with Crippen LogP contribution in [-0.4, -0.2) is 5.11 Å². The van der Waals surface area contributed by atoms with E-state index < -0.39 is 0 Å². The molecule has 0 aliphatic rings. The smallest absolute Gasteiger partial charge is 0.124 e. The molecule has 19 heavy (non-hydrogen) atoms. The topological polar surface area (TPSA) is 32.3 Å². The van der Waals surface area contributed by atoms with Gasteiger partial charge >= 0.3 is 0 Å². The molecule has 0 bridgehead atoms. The fourth-order valence-corrected chi connectivity index (χ4v) is 4.31. The van der Waals surface area contributed by atoms with Crippen LogP contribution in [0.25, 0.3) is 10.1 Å². The van der Waals surface area contributed by atoms with Crippen LogP contribution in [0.3, 0.4) is 0 Å². The SMILES string of the molecule is Oc1cc(CNCc2sccc2Br)cc2sccc12. The largest absolute Gasteiger partial charge is 0.507 e. The molecule has 0 unspecified atom stereocenters. The first-order chi connectivity index (χ1) is 9.24. The van der Waals surface area contributed by atoms with E-state index in [0.29, 0.717) is 5.75 Å². The third-order valence-electron chi connectivity index (χ3n) is 2.92. The number of fused-ring (bicyclic) bond motifs is 1. The van der Waals surface area contributed by atoms with Gasteiger partial charge in [0.25, 0.3) is 0 Å². The Morgan fingerprint density at radius 2 is 1.95 bits per heavy atom. The molecular weight excluding hydrogens is 342 g/mol. The molecule has 0 aliphatic heterocycles. The minimum atomic E-state index is 0.368. The Bertz CT molecular complexity index is 704. The predicted octanol–water partition coefficient (Wildman–Crippen LogP) is 4.72. The van der Waals surface area contributed by atoms with Crippen LogP contribution in [0.5, 0.6) is 5.75 Å². The number of rotatable bonds is 4. The Morgan fingerprint density at radius 1 is 1.11 bits per heavy atom. The van der Waals surface area contributed by atoms with Crippen LogP contribution in [0.2, 0.25) is 0 Å². The van der Waals surface area contributed by atoms with Crippen molar-refractivity contribution in [3.63, 3.8) is 0 Å². The molecule has 0 radical (unpaired) electrons. The molecule has 0 fully saturated rings. The van der Waals surface area contributed by atoms with E-state index in [-0.39, 0.29) is 0 Å².